The van der Waals surface area contributed by atoms with E-state index in [1.54, 1.807) is 24.3 Å². The minimum atomic E-state index is -3.47. The molecule has 1 aliphatic heterocycles. The molecule has 1 saturated heterocycles. The molecule has 1 heterocycles. The zero-order chi connectivity index (χ0) is 18.1. The van der Waals surface area contributed by atoms with Gasteiger partial charge in [-0.3, -0.25) is 9.69 Å². The predicted molar refractivity (Wildman–Crippen MR) is 110 cm³/mol. The summed E-state index contributed by atoms with van der Waals surface area (Å²) in [5, 5.41) is 0. The van der Waals surface area contributed by atoms with Crippen LogP contribution in [0.25, 0.3) is 0 Å². The van der Waals surface area contributed by atoms with Gasteiger partial charge in [-0.25, -0.2) is 13.1 Å². The Hall–Kier alpha value is -0.900. The van der Waals surface area contributed by atoms with E-state index in [-0.39, 0.29) is 35.6 Å². The first-order valence-electron chi connectivity index (χ1n) is 8.67. The van der Waals surface area contributed by atoms with Crippen molar-refractivity contribution in [2.45, 2.75) is 30.2 Å². The topological polar surface area (TPSA) is 95.7 Å². The highest BCUT2D eigenvalue weighted by atomic mass is 35.5. The van der Waals surface area contributed by atoms with Gasteiger partial charge >= 0.3 is 0 Å². The first-order chi connectivity index (χ1) is 11.8. The highest BCUT2D eigenvalue weighted by molar-refractivity contribution is 7.89. The number of hydrogen-bond acceptors (Lipinski definition) is 5. The molecule has 0 unspecified atom stereocenters. The molecule has 154 valence electrons. The smallest absolute Gasteiger partial charge is 0.242 e. The minimum absolute atomic E-state index is 0. The van der Waals surface area contributed by atoms with Crippen molar-refractivity contribution < 1.29 is 13.2 Å². The summed E-state index contributed by atoms with van der Waals surface area (Å²) in [5.74, 6) is 0.0622. The normalized spacial score (nSPS) is 19.0. The predicted octanol–water partition coefficient (Wildman–Crippen LogP) is 0.752. The van der Waals surface area contributed by atoms with E-state index in [2.05, 4.69) is 9.62 Å². The van der Waals surface area contributed by atoms with Gasteiger partial charge in [-0.1, -0.05) is 17.7 Å². The van der Waals surface area contributed by atoms with Gasteiger partial charge < -0.3 is 10.6 Å². The van der Waals surface area contributed by atoms with E-state index in [9.17, 15) is 13.2 Å². The van der Waals surface area contributed by atoms with Crippen molar-refractivity contribution in [3.05, 3.63) is 29.8 Å². The van der Waals surface area contributed by atoms with Gasteiger partial charge in [0.15, 0.2) is 0 Å². The molecule has 0 spiro atoms. The number of aryl methyl sites for hydroxylation is 1. The van der Waals surface area contributed by atoms with Crippen molar-refractivity contribution in [2.75, 3.05) is 39.3 Å². The number of amides is 1. The van der Waals surface area contributed by atoms with Gasteiger partial charge in [0, 0.05) is 39.3 Å². The number of nitrogens with zero attached hydrogens (tertiary/aromatic N) is 2. The molecular formula is C17H28Cl2N4O3S. The Morgan fingerprint density at radius 2 is 1.67 bits per heavy atom. The molecule has 1 amide bonds. The van der Waals surface area contributed by atoms with Crippen LogP contribution in [-0.4, -0.2) is 68.9 Å². The molecule has 0 atom stereocenters. The number of carbonyl (C=O) groups is 1. The summed E-state index contributed by atoms with van der Waals surface area (Å²) in [6.45, 7) is 5.70. The van der Waals surface area contributed by atoms with Crippen LogP contribution in [0, 0.1) is 6.92 Å². The van der Waals surface area contributed by atoms with Gasteiger partial charge in [0.1, 0.15) is 0 Å². The van der Waals surface area contributed by atoms with Gasteiger partial charge in [0.25, 0.3) is 0 Å². The van der Waals surface area contributed by atoms with E-state index < -0.39 is 15.6 Å². The molecule has 7 nitrogen and oxygen atoms in total. The number of piperazine rings is 1. The molecule has 0 bridgehead atoms. The van der Waals surface area contributed by atoms with Crippen LogP contribution in [0.3, 0.4) is 0 Å². The third kappa shape index (κ3) is 6.04. The molecule has 0 aromatic heterocycles. The summed E-state index contributed by atoms with van der Waals surface area (Å²) in [5.41, 5.74) is 6.39. The number of benzene rings is 1. The van der Waals surface area contributed by atoms with Crippen molar-refractivity contribution in [1.29, 1.82) is 0 Å². The quantitative estimate of drug-likeness (QED) is 0.682. The maximum absolute atomic E-state index is 12.2. The summed E-state index contributed by atoms with van der Waals surface area (Å²) in [4.78, 5) is 16.5. The van der Waals surface area contributed by atoms with E-state index in [4.69, 9.17) is 5.73 Å². The minimum Gasteiger partial charge on any atom is -0.339 e. The lowest BCUT2D eigenvalue weighted by Crippen LogP contribution is -2.54. The highest BCUT2D eigenvalue weighted by Gasteiger charge is 2.48. The van der Waals surface area contributed by atoms with Gasteiger partial charge in [0.05, 0.1) is 10.4 Å². The Morgan fingerprint density at radius 3 is 2.19 bits per heavy atom. The van der Waals surface area contributed by atoms with Crippen molar-refractivity contribution in [1.82, 2.24) is 14.5 Å². The second-order valence-electron chi connectivity index (χ2n) is 7.00. The summed E-state index contributed by atoms with van der Waals surface area (Å²) < 4.78 is 27.1. The molecule has 1 saturated carbocycles. The Labute approximate surface area is 173 Å². The number of hydrogen-bond donors (Lipinski definition) is 2. The second kappa shape index (κ2) is 9.54. The molecule has 2 fully saturated rings. The van der Waals surface area contributed by atoms with Gasteiger partial charge in [-0.2, -0.15) is 0 Å². The number of nitrogens with two attached hydrogens (primary N) is 1. The SMILES string of the molecule is Cc1ccc(S(=O)(=O)NCCN2CCN(C(=O)C3(N)CC3)CC2)cc1.Cl.Cl. The number of halogens is 2. The zero-order valence-corrected chi connectivity index (χ0v) is 17.8. The summed E-state index contributed by atoms with van der Waals surface area (Å²) in [7, 11) is -3.47. The van der Waals surface area contributed by atoms with Crippen LogP contribution in [-0.2, 0) is 14.8 Å². The third-order valence-electron chi connectivity index (χ3n) is 4.93. The van der Waals surface area contributed by atoms with Crippen LogP contribution < -0.4 is 10.5 Å². The first-order valence-corrected chi connectivity index (χ1v) is 10.2. The lowest BCUT2D eigenvalue weighted by atomic mass is 10.2. The molecular weight excluding hydrogens is 411 g/mol. The fraction of sp³-hybridized carbons (Fsp3) is 0.588. The molecule has 1 aromatic carbocycles. The maximum atomic E-state index is 12.2. The molecule has 3 rings (SSSR count). The number of carbonyl (C=O) groups excluding carboxylic acids is 1. The lowest BCUT2D eigenvalue weighted by molar-refractivity contribution is -0.135. The average molecular weight is 439 g/mol. The Morgan fingerprint density at radius 1 is 1.11 bits per heavy atom. The number of nitrogens with one attached hydrogen (secondary N) is 1. The van der Waals surface area contributed by atoms with E-state index in [0.29, 0.717) is 26.2 Å². The molecule has 1 aromatic rings. The molecule has 0 radical (unpaired) electrons. The molecule has 27 heavy (non-hydrogen) atoms. The summed E-state index contributed by atoms with van der Waals surface area (Å²) >= 11 is 0. The van der Waals surface area contributed by atoms with E-state index in [0.717, 1.165) is 31.5 Å². The van der Waals surface area contributed by atoms with Crippen LogP contribution in [0.1, 0.15) is 18.4 Å². The summed E-state index contributed by atoms with van der Waals surface area (Å²) in [6, 6.07) is 6.80. The van der Waals surface area contributed by atoms with E-state index in [1.807, 2.05) is 11.8 Å². The third-order valence-corrected chi connectivity index (χ3v) is 6.40. The largest absolute Gasteiger partial charge is 0.339 e. The number of sulfonamides is 1. The van der Waals surface area contributed by atoms with Crippen molar-refractivity contribution in [3.63, 3.8) is 0 Å². The van der Waals surface area contributed by atoms with Crippen LogP contribution in [0.4, 0.5) is 0 Å². The van der Waals surface area contributed by atoms with Crippen LogP contribution in [0.5, 0.6) is 0 Å². The average Bonchev–Trinajstić information content (AvgIpc) is 3.34. The van der Waals surface area contributed by atoms with Crippen LogP contribution in [0.15, 0.2) is 29.2 Å². The monoisotopic (exact) mass is 438 g/mol. The zero-order valence-electron chi connectivity index (χ0n) is 15.4. The Bertz CT molecular complexity index is 731. The Kier molecular flexibility index (Phi) is 8.53. The molecule has 3 N–H and O–H groups in total. The van der Waals surface area contributed by atoms with E-state index in [1.165, 1.54) is 0 Å². The van der Waals surface area contributed by atoms with Crippen LogP contribution >= 0.6 is 24.8 Å². The molecule has 10 heteroatoms. The van der Waals surface area contributed by atoms with Crippen molar-refractivity contribution >= 4 is 40.7 Å². The van der Waals surface area contributed by atoms with Gasteiger partial charge in [0.2, 0.25) is 15.9 Å². The van der Waals surface area contributed by atoms with Crippen LogP contribution in [0.2, 0.25) is 0 Å². The van der Waals surface area contributed by atoms with Crippen molar-refractivity contribution in [2.24, 2.45) is 5.73 Å². The van der Waals surface area contributed by atoms with Gasteiger partial charge in [-0.05, 0) is 31.9 Å². The highest BCUT2D eigenvalue weighted by Crippen LogP contribution is 2.34. The van der Waals surface area contributed by atoms with Gasteiger partial charge in [-0.15, -0.1) is 24.8 Å². The fourth-order valence-electron chi connectivity index (χ4n) is 2.98. The Balaban J connectivity index is 0.00000182. The second-order valence-corrected chi connectivity index (χ2v) is 8.77. The van der Waals surface area contributed by atoms with E-state index >= 15 is 0 Å². The molecule has 2 aliphatic rings. The number of rotatable bonds is 6. The fourth-order valence-corrected chi connectivity index (χ4v) is 4.00. The lowest BCUT2D eigenvalue weighted by Gasteiger charge is -2.36. The summed E-state index contributed by atoms with van der Waals surface area (Å²) in [6.07, 6.45) is 1.57. The van der Waals surface area contributed by atoms with Crippen molar-refractivity contribution in [3.8, 4) is 0 Å². The molecule has 1 aliphatic carbocycles. The maximum Gasteiger partial charge on any atom is 0.242 e. The first kappa shape index (κ1) is 24.1. The standard InChI is InChI=1S/C17H26N4O3S.2ClH/c1-14-2-4-15(5-3-14)25(23,24)19-8-9-20-10-12-21(13-11-20)16(22)17(18)6-7-17;;/h2-5,19H,6-13,18H2,1H3;2*1H.